The maximum atomic E-state index is 13.2. The summed E-state index contributed by atoms with van der Waals surface area (Å²) in [6.07, 6.45) is 0. The van der Waals surface area contributed by atoms with Gasteiger partial charge in [0.1, 0.15) is 5.82 Å². The van der Waals surface area contributed by atoms with Crippen molar-refractivity contribution in [2.75, 3.05) is 5.32 Å². The van der Waals surface area contributed by atoms with E-state index in [2.05, 4.69) is 21.2 Å². The minimum Gasteiger partial charge on any atom is -0.381 e. The van der Waals surface area contributed by atoms with Crippen LogP contribution in [0, 0.1) is 12.7 Å². The molecule has 88 valence electrons. The molecule has 1 N–H and O–H groups in total. The molecule has 0 amide bonds. The van der Waals surface area contributed by atoms with Gasteiger partial charge in [0, 0.05) is 16.7 Å². The Morgan fingerprint density at radius 2 is 2.00 bits per heavy atom. The minimum atomic E-state index is -0.207. The summed E-state index contributed by atoms with van der Waals surface area (Å²) in [7, 11) is 0. The Hall–Kier alpha value is -1.35. The summed E-state index contributed by atoms with van der Waals surface area (Å²) in [5, 5.41) is 3.21. The Morgan fingerprint density at radius 3 is 2.71 bits per heavy atom. The molecule has 0 aromatic heterocycles. The number of aryl methyl sites for hydroxylation is 1. The molecule has 0 saturated carbocycles. The number of hydrogen-bond donors (Lipinski definition) is 1. The molecule has 0 saturated heterocycles. The number of halogens is 2. The summed E-state index contributed by atoms with van der Waals surface area (Å²) >= 11 is 3.42. The molecule has 2 rings (SSSR count). The van der Waals surface area contributed by atoms with Crippen LogP contribution in [-0.4, -0.2) is 0 Å². The van der Waals surface area contributed by atoms with Gasteiger partial charge in [0.05, 0.1) is 0 Å². The van der Waals surface area contributed by atoms with Crippen molar-refractivity contribution in [2.24, 2.45) is 0 Å². The molecule has 2 aromatic carbocycles. The van der Waals surface area contributed by atoms with E-state index in [1.54, 1.807) is 0 Å². The van der Waals surface area contributed by atoms with E-state index >= 15 is 0 Å². The van der Waals surface area contributed by atoms with Gasteiger partial charge in [0.25, 0.3) is 0 Å². The van der Waals surface area contributed by atoms with E-state index < -0.39 is 0 Å². The third-order valence-electron chi connectivity index (χ3n) is 2.43. The molecule has 1 nitrogen and oxygen atoms in total. The highest BCUT2D eigenvalue weighted by atomic mass is 79.9. The van der Waals surface area contributed by atoms with Crippen LogP contribution in [-0.2, 0) is 6.54 Å². The molecular weight excluding hydrogens is 281 g/mol. The van der Waals surface area contributed by atoms with Gasteiger partial charge in [0.2, 0.25) is 0 Å². The van der Waals surface area contributed by atoms with E-state index in [-0.39, 0.29) is 5.82 Å². The van der Waals surface area contributed by atoms with Crippen molar-refractivity contribution in [3.63, 3.8) is 0 Å². The summed E-state index contributed by atoms with van der Waals surface area (Å²) in [6.45, 7) is 2.57. The second-order valence-corrected chi connectivity index (χ2v) is 4.92. The molecule has 0 heterocycles. The second kappa shape index (κ2) is 5.32. The number of anilines is 1. The van der Waals surface area contributed by atoms with Gasteiger partial charge in [-0.2, -0.15) is 0 Å². The average Bonchev–Trinajstić information content (AvgIpc) is 2.25. The highest BCUT2D eigenvalue weighted by Gasteiger charge is 1.98. The first-order valence-corrected chi connectivity index (χ1v) is 6.18. The van der Waals surface area contributed by atoms with Gasteiger partial charge < -0.3 is 5.32 Å². The molecule has 0 unspecified atom stereocenters. The van der Waals surface area contributed by atoms with Crippen molar-refractivity contribution in [1.29, 1.82) is 0 Å². The first-order chi connectivity index (χ1) is 8.13. The van der Waals surface area contributed by atoms with E-state index in [0.717, 1.165) is 21.3 Å². The Labute approximate surface area is 109 Å². The minimum absolute atomic E-state index is 0.207. The van der Waals surface area contributed by atoms with Gasteiger partial charge in [-0.1, -0.05) is 28.1 Å². The average molecular weight is 294 g/mol. The Morgan fingerprint density at radius 1 is 1.18 bits per heavy atom. The molecule has 0 atom stereocenters. The van der Waals surface area contributed by atoms with Crippen LogP contribution < -0.4 is 5.32 Å². The molecule has 2 aromatic rings. The molecule has 0 bridgehead atoms. The molecule has 0 fully saturated rings. The topological polar surface area (TPSA) is 12.0 Å². The largest absolute Gasteiger partial charge is 0.381 e. The quantitative estimate of drug-likeness (QED) is 0.878. The third kappa shape index (κ3) is 3.56. The van der Waals surface area contributed by atoms with E-state index in [4.69, 9.17) is 0 Å². The zero-order chi connectivity index (χ0) is 12.3. The molecule has 0 radical (unpaired) electrons. The molecule has 3 heteroatoms. The molecule has 17 heavy (non-hydrogen) atoms. The van der Waals surface area contributed by atoms with Crippen molar-refractivity contribution >= 4 is 21.6 Å². The van der Waals surface area contributed by atoms with E-state index in [0.29, 0.717) is 6.54 Å². The number of benzene rings is 2. The maximum Gasteiger partial charge on any atom is 0.125 e. The van der Waals surface area contributed by atoms with Crippen molar-refractivity contribution in [1.82, 2.24) is 0 Å². The summed E-state index contributed by atoms with van der Waals surface area (Å²) in [4.78, 5) is 0. The number of nitrogens with one attached hydrogen (secondary N) is 1. The lowest BCUT2D eigenvalue weighted by molar-refractivity contribution is 0.627. The van der Waals surface area contributed by atoms with Gasteiger partial charge in [-0.25, -0.2) is 4.39 Å². The standard InChI is InChI=1S/C14H13BrFN/c1-10-5-13(16)8-14(6-10)17-9-11-3-2-4-12(15)7-11/h2-8,17H,9H2,1H3. The maximum absolute atomic E-state index is 13.2. The Balaban J connectivity index is 2.07. The van der Waals surface area contributed by atoms with Crippen LogP contribution in [0.5, 0.6) is 0 Å². The van der Waals surface area contributed by atoms with Gasteiger partial charge in [-0.15, -0.1) is 0 Å². The summed E-state index contributed by atoms with van der Waals surface area (Å²) < 4.78 is 14.2. The summed E-state index contributed by atoms with van der Waals surface area (Å²) in [6, 6.07) is 13.0. The van der Waals surface area contributed by atoms with Gasteiger partial charge in [-0.3, -0.25) is 0 Å². The first kappa shape index (κ1) is 12.1. The predicted octanol–water partition coefficient (Wildman–Crippen LogP) is 4.51. The van der Waals surface area contributed by atoms with Crippen molar-refractivity contribution in [3.05, 3.63) is 63.9 Å². The van der Waals surface area contributed by atoms with Gasteiger partial charge in [0.15, 0.2) is 0 Å². The summed E-state index contributed by atoms with van der Waals surface area (Å²) in [5.74, 6) is -0.207. The molecule has 0 aliphatic rings. The van der Waals surface area contributed by atoms with Crippen LogP contribution in [0.2, 0.25) is 0 Å². The fraction of sp³-hybridized carbons (Fsp3) is 0.143. The van der Waals surface area contributed by atoms with Crippen molar-refractivity contribution in [2.45, 2.75) is 13.5 Å². The summed E-state index contributed by atoms with van der Waals surface area (Å²) in [5.41, 5.74) is 2.88. The van der Waals surface area contributed by atoms with Crippen molar-refractivity contribution in [3.8, 4) is 0 Å². The molecular formula is C14H13BrFN. The van der Waals surface area contributed by atoms with E-state index in [1.165, 1.54) is 12.1 Å². The lowest BCUT2D eigenvalue weighted by Crippen LogP contribution is -2.00. The Kier molecular flexibility index (Phi) is 3.79. The van der Waals surface area contributed by atoms with E-state index in [1.807, 2.05) is 37.3 Å². The van der Waals surface area contributed by atoms with Crippen LogP contribution in [0.25, 0.3) is 0 Å². The van der Waals surface area contributed by atoms with Gasteiger partial charge in [-0.05, 0) is 48.4 Å². The van der Waals surface area contributed by atoms with Crippen LogP contribution in [0.1, 0.15) is 11.1 Å². The Bertz CT molecular complexity index is 505. The van der Waals surface area contributed by atoms with Gasteiger partial charge >= 0.3 is 0 Å². The normalized spacial score (nSPS) is 10.3. The number of rotatable bonds is 3. The fourth-order valence-corrected chi connectivity index (χ4v) is 2.14. The van der Waals surface area contributed by atoms with Crippen LogP contribution in [0.3, 0.4) is 0 Å². The molecule has 0 spiro atoms. The highest BCUT2D eigenvalue weighted by molar-refractivity contribution is 9.10. The lowest BCUT2D eigenvalue weighted by Gasteiger charge is -2.08. The first-order valence-electron chi connectivity index (χ1n) is 5.39. The lowest BCUT2D eigenvalue weighted by atomic mass is 10.2. The molecule has 0 aliphatic heterocycles. The molecule has 0 aliphatic carbocycles. The predicted molar refractivity (Wildman–Crippen MR) is 72.6 cm³/mol. The number of hydrogen-bond acceptors (Lipinski definition) is 1. The smallest absolute Gasteiger partial charge is 0.125 e. The highest BCUT2D eigenvalue weighted by Crippen LogP contribution is 2.16. The monoisotopic (exact) mass is 293 g/mol. The van der Waals surface area contributed by atoms with Crippen LogP contribution in [0.4, 0.5) is 10.1 Å². The zero-order valence-corrected chi connectivity index (χ0v) is 11.1. The van der Waals surface area contributed by atoms with Crippen LogP contribution >= 0.6 is 15.9 Å². The second-order valence-electron chi connectivity index (χ2n) is 4.00. The SMILES string of the molecule is Cc1cc(F)cc(NCc2cccc(Br)c2)c1. The van der Waals surface area contributed by atoms with Crippen molar-refractivity contribution < 1.29 is 4.39 Å². The van der Waals surface area contributed by atoms with Crippen LogP contribution in [0.15, 0.2) is 46.9 Å². The van der Waals surface area contributed by atoms with E-state index in [9.17, 15) is 4.39 Å². The zero-order valence-electron chi connectivity index (χ0n) is 9.50. The third-order valence-corrected chi connectivity index (χ3v) is 2.92. The fourth-order valence-electron chi connectivity index (χ4n) is 1.69.